The summed E-state index contributed by atoms with van der Waals surface area (Å²) in [5, 5.41) is 1.62. The van der Waals surface area contributed by atoms with E-state index in [0.29, 0.717) is 6.54 Å². The fourth-order valence-corrected chi connectivity index (χ4v) is 4.60. The van der Waals surface area contributed by atoms with Crippen LogP contribution in [0.5, 0.6) is 0 Å². The summed E-state index contributed by atoms with van der Waals surface area (Å²) in [4.78, 5) is 21.4. The highest BCUT2D eigenvalue weighted by Gasteiger charge is 2.20. The van der Waals surface area contributed by atoms with Crippen molar-refractivity contribution in [1.29, 1.82) is 0 Å². The number of hydrogen-bond donors (Lipinski definition) is 0. The van der Waals surface area contributed by atoms with Gasteiger partial charge < -0.3 is 0 Å². The molecule has 0 atom stereocenters. The molecule has 2 aromatic heterocycles. The van der Waals surface area contributed by atoms with E-state index in [9.17, 15) is 4.79 Å². The van der Waals surface area contributed by atoms with Crippen molar-refractivity contribution >= 4 is 23.4 Å². The standard InChI is InChI=1S/C21H20ClN3OS/c22-17-9-7-15(8-10-17)14-27-20-18-5-1-2-6-19(18)25(21(26)24-20)13-16-4-3-11-23-12-16/h3-4,7-12H,1-2,5-6,13-14H2. The summed E-state index contributed by atoms with van der Waals surface area (Å²) in [6, 6.07) is 11.7. The van der Waals surface area contributed by atoms with Gasteiger partial charge in [-0.3, -0.25) is 9.55 Å². The van der Waals surface area contributed by atoms with Crippen LogP contribution in [-0.2, 0) is 25.1 Å². The predicted octanol–water partition coefficient (Wildman–Crippen LogP) is 4.51. The second-order valence-electron chi connectivity index (χ2n) is 6.69. The lowest BCUT2D eigenvalue weighted by molar-refractivity contribution is 0.569. The van der Waals surface area contributed by atoms with Gasteiger partial charge in [0.25, 0.3) is 0 Å². The number of halogens is 1. The third-order valence-corrected chi connectivity index (χ3v) is 6.14. The molecule has 0 unspecified atom stereocenters. The van der Waals surface area contributed by atoms with Gasteiger partial charge in [-0.25, -0.2) is 4.79 Å². The fourth-order valence-electron chi connectivity index (χ4n) is 3.44. The van der Waals surface area contributed by atoms with E-state index in [-0.39, 0.29) is 5.69 Å². The minimum absolute atomic E-state index is 0.168. The molecule has 0 amide bonds. The normalized spacial score (nSPS) is 13.4. The Morgan fingerprint density at radius 3 is 2.67 bits per heavy atom. The van der Waals surface area contributed by atoms with Gasteiger partial charge in [0.2, 0.25) is 0 Å². The van der Waals surface area contributed by atoms with Crippen LogP contribution in [0, 0.1) is 0 Å². The second kappa shape index (κ2) is 8.28. The van der Waals surface area contributed by atoms with Crippen LogP contribution in [0.3, 0.4) is 0 Å². The zero-order chi connectivity index (χ0) is 18.6. The maximum atomic E-state index is 12.8. The molecule has 1 aromatic carbocycles. The lowest BCUT2D eigenvalue weighted by Gasteiger charge is -2.22. The summed E-state index contributed by atoms with van der Waals surface area (Å²) in [7, 11) is 0. The van der Waals surface area contributed by atoms with Gasteiger partial charge in [-0.15, -0.1) is 11.8 Å². The molecule has 0 radical (unpaired) electrons. The van der Waals surface area contributed by atoms with E-state index < -0.39 is 0 Å². The van der Waals surface area contributed by atoms with Crippen molar-refractivity contribution in [2.45, 2.75) is 43.0 Å². The SMILES string of the molecule is O=c1nc(SCc2ccc(Cl)cc2)c2c(n1Cc1cccnc1)CCCC2. The first-order valence-corrected chi connectivity index (χ1v) is 10.5. The minimum Gasteiger partial charge on any atom is -0.291 e. The average molecular weight is 398 g/mol. The van der Waals surface area contributed by atoms with E-state index in [0.717, 1.165) is 52.7 Å². The molecule has 1 aliphatic rings. The molecule has 0 saturated heterocycles. The number of hydrogen-bond acceptors (Lipinski definition) is 4. The number of thioether (sulfide) groups is 1. The topological polar surface area (TPSA) is 47.8 Å². The largest absolute Gasteiger partial charge is 0.349 e. The third-order valence-electron chi connectivity index (χ3n) is 4.80. The summed E-state index contributed by atoms with van der Waals surface area (Å²) < 4.78 is 1.83. The van der Waals surface area contributed by atoms with E-state index in [1.54, 1.807) is 18.0 Å². The average Bonchev–Trinajstić information content (AvgIpc) is 2.71. The number of pyridine rings is 1. The molecule has 0 N–H and O–H groups in total. The highest BCUT2D eigenvalue weighted by atomic mass is 35.5. The molecular formula is C21H20ClN3OS. The number of fused-ring (bicyclic) bond motifs is 1. The second-order valence-corrected chi connectivity index (χ2v) is 8.09. The van der Waals surface area contributed by atoms with Gasteiger partial charge in [0.05, 0.1) is 6.54 Å². The van der Waals surface area contributed by atoms with Crippen LogP contribution >= 0.6 is 23.4 Å². The monoisotopic (exact) mass is 397 g/mol. The summed E-state index contributed by atoms with van der Waals surface area (Å²) in [6.45, 7) is 0.532. The summed E-state index contributed by atoms with van der Waals surface area (Å²) in [5.74, 6) is 0.780. The molecule has 1 aliphatic carbocycles. The smallest absolute Gasteiger partial charge is 0.291 e. The van der Waals surface area contributed by atoms with E-state index >= 15 is 0 Å². The number of nitrogens with zero attached hydrogens (tertiary/aromatic N) is 3. The maximum absolute atomic E-state index is 12.8. The van der Waals surface area contributed by atoms with Gasteiger partial charge in [0.15, 0.2) is 0 Å². The Morgan fingerprint density at radius 2 is 1.89 bits per heavy atom. The third kappa shape index (κ3) is 4.25. The minimum atomic E-state index is -0.168. The van der Waals surface area contributed by atoms with Crippen LogP contribution in [0.25, 0.3) is 0 Å². The summed E-state index contributed by atoms with van der Waals surface area (Å²) >= 11 is 7.60. The summed E-state index contributed by atoms with van der Waals surface area (Å²) in [5.41, 5.74) is 4.41. The first-order chi connectivity index (χ1) is 13.2. The predicted molar refractivity (Wildman–Crippen MR) is 109 cm³/mol. The maximum Gasteiger partial charge on any atom is 0.349 e. The van der Waals surface area contributed by atoms with Crippen LogP contribution in [0.4, 0.5) is 0 Å². The van der Waals surface area contributed by atoms with Crippen LogP contribution in [0.15, 0.2) is 58.6 Å². The van der Waals surface area contributed by atoms with Crippen molar-refractivity contribution < 1.29 is 0 Å². The number of aromatic nitrogens is 3. The van der Waals surface area contributed by atoms with E-state index in [1.807, 2.05) is 47.2 Å². The highest BCUT2D eigenvalue weighted by molar-refractivity contribution is 7.98. The van der Waals surface area contributed by atoms with Crippen molar-refractivity contribution in [2.75, 3.05) is 0 Å². The zero-order valence-corrected chi connectivity index (χ0v) is 16.5. The molecule has 4 rings (SSSR count). The zero-order valence-electron chi connectivity index (χ0n) is 14.9. The molecule has 138 valence electrons. The van der Waals surface area contributed by atoms with Gasteiger partial charge >= 0.3 is 5.69 Å². The first-order valence-electron chi connectivity index (χ1n) is 9.09. The van der Waals surface area contributed by atoms with Gasteiger partial charge in [-0.2, -0.15) is 4.98 Å². The Hall–Kier alpha value is -2.11. The molecule has 6 heteroatoms. The van der Waals surface area contributed by atoms with Gasteiger partial charge in [0, 0.05) is 34.4 Å². The Bertz CT molecular complexity index is 987. The highest BCUT2D eigenvalue weighted by Crippen LogP contribution is 2.30. The van der Waals surface area contributed by atoms with Gasteiger partial charge in [0.1, 0.15) is 5.03 Å². The van der Waals surface area contributed by atoms with Crippen LogP contribution in [0.2, 0.25) is 5.02 Å². The lowest BCUT2D eigenvalue weighted by Crippen LogP contribution is -2.30. The molecule has 0 spiro atoms. The van der Waals surface area contributed by atoms with E-state index in [2.05, 4.69) is 9.97 Å². The van der Waals surface area contributed by atoms with Crippen molar-refractivity contribution in [1.82, 2.24) is 14.5 Å². The van der Waals surface area contributed by atoms with Crippen LogP contribution < -0.4 is 5.69 Å². The van der Waals surface area contributed by atoms with Crippen molar-refractivity contribution in [3.05, 3.63) is 86.7 Å². The quantitative estimate of drug-likeness (QED) is 0.469. The Kier molecular flexibility index (Phi) is 5.60. The van der Waals surface area contributed by atoms with Crippen LogP contribution in [0.1, 0.15) is 35.2 Å². The first kappa shape index (κ1) is 18.3. The van der Waals surface area contributed by atoms with Crippen molar-refractivity contribution in [3.8, 4) is 0 Å². The Morgan fingerprint density at radius 1 is 1.07 bits per heavy atom. The van der Waals surface area contributed by atoms with Gasteiger partial charge in [-0.1, -0.05) is 29.8 Å². The van der Waals surface area contributed by atoms with Crippen LogP contribution in [-0.4, -0.2) is 14.5 Å². The number of benzene rings is 1. The molecule has 2 heterocycles. The van der Waals surface area contributed by atoms with Gasteiger partial charge in [-0.05, 0) is 55.0 Å². The molecule has 0 saturated carbocycles. The molecule has 4 nitrogen and oxygen atoms in total. The fraction of sp³-hybridized carbons (Fsp3) is 0.286. The Balaban J connectivity index is 1.64. The van der Waals surface area contributed by atoms with Crippen molar-refractivity contribution in [3.63, 3.8) is 0 Å². The van der Waals surface area contributed by atoms with E-state index in [4.69, 9.17) is 11.6 Å². The summed E-state index contributed by atoms with van der Waals surface area (Å²) in [6.07, 6.45) is 7.74. The molecule has 27 heavy (non-hydrogen) atoms. The molecule has 0 bridgehead atoms. The van der Waals surface area contributed by atoms with E-state index in [1.165, 1.54) is 11.1 Å². The number of rotatable bonds is 5. The molecule has 0 fully saturated rings. The Labute approximate surface area is 167 Å². The molecule has 3 aromatic rings. The lowest BCUT2D eigenvalue weighted by atomic mass is 9.97. The molecule has 0 aliphatic heterocycles. The van der Waals surface area contributed by atoms with Crippen molar-refractivity contribution in [2.24, 2.45) is 0 Å². The molecular weight excluding hydrogens is 378 g/mol.